The lowest BCUT2D eigenvalue weighted by atomic mass is 9.81. The minimum absolute atomic E-state index is 0.113. The van der Waals surface area contributed by atoms with E-state index in [0.29, 0.717) is 24.8 Å². The monoisotopic (exact) mass is 557 g/mol. The first-order valence-electron chi connectivity index (χ1n) is 15.3. The summed E-state index contributed by atoms with van der Waals surface area (Å²) in [6.45, 7) is 14.1. The fourth-order valence-corrected chi connectivity index (χ4v) is 6.38. The number of amides is 1. The fourth-order valence-electron chi connectivity index (χ4n) is 6.38. The van der Waals surface area contributed by atoms with Crippen LogP contribution in [-0.4, -0.2) is 36.5 Å². The van der Waals surface area contributed by atoms with E-state index in [1.807, 2.05) is 37.0 Å². The maximum atomic E-state index is 13.5. The average Bonchev–Trinajstić information content (AvgIpc) is 2.99. The van der Waals surface area contributed by atoms with Gasteiger partial charge in [-0.15, -0.1) is 13.2 Å². The van der Waals surface area contributed by atoms with Gasteiger partial charge in [0.1, 0.15) is 0 Å². The Morgan fingerprint density at radius 3 is 2.63 bits per heavy atom. The summed E-state index contributed by atoms with van der Waals surface area (Å²) in [6, 6.07) is 10.6. The summed E-state index contributed by atoms with van der Waals surface area (Å²) in [4.78, 5) is 28.3. The van der Waals surface area contributed by atoms with Gasteiger partial charge in [0.2, 0.25) is 5.91 Å². The van der Waals surface area contributed by atoms with E-state index in [2.05, 4.69) is 42.7 Å². The van der Waals surface area contributed by atoms with Gasteiger partial charge in [-0.25, -0.2) is 0 Å². The Morgan fingerprint density at radius 1 is 1.15 bits per heavy atom. The van der Waals surface area contributed by atoms with E-state index in [1.165, 1.54) is 11.1 Å². The highest BCUT2D eigenvalue weighted by Crippen LogP contribution is 2.38. The number of ether oxygens (including phenoxy) is 1. The van der Waals surface area contributed by atoms with Crippen molar-refractivity contribution in [2.45, 2.75) is 77.7 Å². The van der Waals surface area contributed by atoms with E-state index in [0.717, 1.165) is 80.4 Å². The molecule has 6 nitrogen and oxygen atoms in total. The third-order valence-corrected chi connectivity index (χ3v) is 8.92. The second-order valence-electron chi connectivity index (χ2n) is 11.5. The van der Waals surface area contributed by atoms with Gasteiger partial charge in [0.25, 0.3) is 0 Å². The van der Waals surface area contributed by atoms with Gasteiger partial charge in [0.15, 0.2) is 0 Å². The highest BCUT2D eigenvalue weighted by molar-refractivity contribution is 5.79. The zero-order valence-corrected chi connectivity index (χ0v) is 24.9. The number of nitrogens with two attached hydrogens (primary N) is 1. The first-order chi connectivity index (χ1) is 19.9. The van der Waals surface area contributed by atoms with Crippen LogP contribution in [0.2, 0.25) is 0 Å². The lowest BCUT2D eigenvalue weighted by Crippen LogP contribution is -2.40. The van der Waals surface area contributed by atoms with Gasteiger partial charge in [0.05, 0.1) is 24.4 Å². The molecule has 0 spiro atoms. The molecule has 1 heterocycles. The van der Waals surface area contributed by atoms with Crippen LogP contribution in [0.5, 0.6) is 0 Å². The molecule has 4 rings (SSSR count). The van der Waals surface area contributed by atoms with Crippen molar-refractivity contribution < 1.29 is 14.3 Å². The highest BCUT2D eigenvalue weighted by Gasteiger charge is 2.31. The second kappa shape index (κ2) is 14.4. The molecule has 1 fully saturated rings. The first-order valence-corrected chi connectivity index (χ1v) is 15.3. The molecule has 0 saturated heterocycles. The Kier molecular flexibility index (Phi) is 10.7. The molecule has 2 aliphatic rings. The Balaban J connectivity index is 1.58. The number of benzene rings is 2. The molecule has 0 bridgehead atoms. The summed E-state index contributed by atoms with van der Waals surface area (Å²) in [5.41, 5.74) is 13.7. The maximum Gasteiger partial charge on any atom is 0.306 e. The number of unbranched alkanes of at least 4 members (excludes halogenated alkanes) is 1. The van der Waals surface area contributed by atoms with Crippen LogP contribution in [-0.2, 0) is 27.3 Å². The third kappa shape index (κ3) is 7.41. The summed E-state index contributed by atoms with van der Waals surface area (Å²) in [7, 11) is 0. The van der Waals surface area contributed by atoms with Crippen LogP contribution in [0.15, 0.2) is 55.6 Å². The van der Waals surface area contributed by atoms with Crippen molar-refractivity contribution in [3.8, 4) is 0 Å². The van der Waals surface area contributed by atoms with Crippen LogP contribution in [0.3, 0.4) is 0 Å². The van der Waals surface area contributed by atoms with Crippen molar-refractivity contribution >= 4 is 23.3 Å². The molecule has 1 aliphatic heterocycles. The number of carbonyl (C=O) groups is 2. The topological polar surface area (TPSA) is 84.7 Å². The summed E-state index contributed by atoms with van der Waals surface area (Å²) in [6.07, 6.45) is 11.0. The number of nitrogens with one attached hydrogen (secondary N) is 1. The quantitative estimate of drug-likeness (QED) is 0.128. The Morgan fingerprint density at radius 2 is 1.93 bits per heavy atom. The number of allylic oxidation sites excluding steroid dienone is 2. The lowest BCUT2D eigenvalue weighted by molar-refractivity contribution is -0.143. The van der Waals surface area contributed by atoms with Gasteiger partial charge in [-0.05, 0) is 98.6 Å². The van der Waals surface area contributed by atoms with Crippen LogP contribution >= 0.6 is 0 Å². The number of rotatable bonds is 12. The largest absolute Gasteiger partial charge is 0.466 e. The van der Waals surface area contributed by atoms with E-state index in [9.17, 15) is 9.59 Å². The molecule has 1 saturated carbocycles. The number of hydrogen-bond donors (Lipinski definition) is 2. The van der Waals surface area contributed by atoms with Crippen molar-refractivity contribution in [1.29, 1.82) is 0 Å². The van der Waals surface area contributed by atoms with Crippen LogP contribution in [0.1, 0.15) is 85.6 Å². The molecule has 41 heavy (non-hydrogen) atoms. The van der Waals surface area contributed by atoms with Crippen molar-refractivity contribution in [1.82, 2.24) is 4.90 Å². The van der Waals surface area contributed by atoms with Crippen LogP contribution in [0.4, 0.5) is 11.4 Å². The van der Waals surface area contributed by atoms with Crippen molar-refractivity contribution in [2.24, 2.45) is 11.8 Å². The van der Waals surface area contributed by atoms with Gasteiger partial charge in [-0.1, -0.05) is 36.4 Å². The minimum atomic E-state index is -0.230. The number of esters is 1. The standard InChI is InChI=1S/C35H47N3O3/c1-5-8-9-19-37-32-17-16-30(24(4)34(32)36)31(22-33(39)41-7-3)28-15-14-26-18-20-38(23-29(26)21-28)35(40)27-12-10-25(6-2)11-13-27/h5-6,14-17,21,25,27,31,37H,1-2,7-13,18-20,22-23,36H2,3-4H3. The number of hydrogen-bond acceptors (Lipinski definition) is 5. The predicted octanol–water partition coefficient (Wildman–Crippen LogP) is 6.92. The molecule has 220 valence electrons. The zero-order valence-electron chi connectivity index (χ0n) is 24.9. The normalized spacial score (nSPS) is 19.1. The molecule has 1 atom stereocenters. The summed E-state index contributed by atoms with van der Waals surface area (Å²) in [5.74, 6) is 0.511. The van der Waals surface area contributed by atoms with Gasteiger partial charge < -0.3 is 20.7 Å². The van der Waals surface area contributed by atoms with E-state index in [4.69, 9.17) is 10.5 Å². The third-order valence-electron chi connectivity index (χ3n) is 8.92. The molecular formula is C35H47N3O3. The molecule has 1 unspecified atom stereocenters. The van der Waals surface area contributed by atoms with Crippen LogP contribution < -0.4 is 11.1 Å². The lowest BCUT2D eigenvalue weighted by Gasteiger charge is -2.34. The van der Waals surface area contributed by atoms with Crippen LogP contribution in [0.25, 0.3) is 0 Å². The van der Waals surface area contributed by atoms with Gasteiger partial charge in [0, 0.05) is 31.5 Å². The van der Waals surface area contributed by atoms with Crippen molar-refractivity contribution in [3.05, 3.63) is 83.5 Å². The van der Waals surface area contributed by atoms with Gasteiger partial charge >= 0.3 is 5.97 Å². The summed E-state index contributed by atoms with van der Waals surface area (Å²) >= 11 is 0. The van der Waals surface area contributed by atoms with E-state index >= 15 is 0 Å². The zero-order chi connectivity index (χ0) is 29.4. The molecule has 1 aliphatic carbocycles. The number of carbonyl (C=O) groups excluding carboxylic acids is 2. The highest BCUT2D eigenvalue weighted by atomic mass is 16.5. The molecular weight excluding hydrogens is 510 g/mol. The molecule has 1 amide bonds. The first kappa shape index (κ1) is 30.4. The van der Waals surface area contributed by atoms with E-state index < -0.39 is 0 Å². The molecule has 6 heteroatoms. The second-order valence-corrected chi connectivity index (χ2v) is 11.5. The van der Waals surface area contributed by atoms with Crippen molar-refractivity contribution in [3.63, 3.8) is 0 Å². The van der Waals surface area contributed by atoms with E-state index in [1.54, 1.807) is 0 Å². The van der Waals surface area contributed by atoms with E-state index in [-0.39, 0.29) is 30.1 Å². The molecule has 2 aromatic carbocycles. The number of fused-ring (bicyclic) bond motifs is 1. The Labute approximate surface area is 246 Å². The number of nitrogens with zero attached hydrogens (tertiary/aromatic N) is 1. The van der Waals surface area contributed by atoms with Gasteiger partial charge in [-0.3, -0.25) is 9.59 Å². The summed E-state index contributed by atoms with van der Waals surface area (Å²) < 4.78 is 5.38. The fraction of sp³-hybridized carbons (Fsp3) is 0.486. The molecule has 0 aromatic heterocycles. The number of anilines is 2. The molecule has 3 N–H and O–H groups in total. The van der Waals surface area contributed by atoms with Crippen LogP contribution in [0, 0.1) is 18.8 Å². The summed E-state index contributed by atoms with van der Waals surface area (Å²) in [5, 5.41) is 3.44. The Hall–Kier alpha value is -3.54. The maximum absolute atomic E-state index is 13.5. The number of nitrogen functional groups attached to an aromatic ring is 1. The average molecular weight is 558 g/mol. The SMILES string of the molecule is C=CCCCNc1ccc(C(CC(=O)OCC)c2ccc3c(c2)CN(C(=O)C2CCC(C=C)CC2)CC3)c(C)c1N. The van der Waals surface area contributed by atoms with Gasteiger partial charge in [-0.2, -0.15) is 0 Å². The molecule has 0 radical (unpaired) electrons. The van der Waals surface area contributed by atoms with Crippen molar-refractivity contribution in [2.75, 3.05) is 30.7 Å². The Bertz CT molecular complexity index is 1250. The predicted molar refractivity (Wildman–Crippen MR) is 168 cm³/mol. The molecule has 2 aromatic rings. The smallest absolute Gasteiger partial charge is 0.306 e. The minimum Gasteiger partial charge on any atom is -0.466 e.